The van der Waals surface area contributed by atoms with Gasteiger partial charge < -0.3 is 10.2 Å². The van der Waals surface area contributed by atoms with Gasteiger partial charge in [-0.15, -0.1) is 0 Å². The zero-order valence-electron chi connectivity index (χ0n) is 11.0. The van der Waals surface area contributed by atoms with Crippen LogP contribution in [-0.4, -0.2) is 48.9 Å². The molecule has 0 heterocycles. The Morgan fingerprint density at radius 2 is 1.50 bits per heavy atom. The maximum absolute atomic E-state index is 11.6. The lowest BCUT2D eigenvalue weighted by atomic mass is 10.2. The molecule has 0 aliphatic heterocycles. The largest absolute Gasteiger partial charge is 0.353 e. The van der Waals surface area contributed by atoms with E-state index in [0.717, 1.165) is 0 Å². The summed E-state index contributed by atoms with van der Waals surface area (Å²) in [6.45, 7) is 7.30. The highest BCUT2D eigenvalue weighted by Gasteiger charge is 2.20. The Morgan fingerprint density at radius 1 is 1.00 bits per heavy atom. The minimum Gasteiger partial charge on any atom is -0.353 e. The van der Waals surface area contributed by atoms with Gasteiger partial charge >= 0.3 is 0 Å². The number of rotatable bonds is 5. The van der Waals surface area contributed by atoms with Crippen molar-refractivity contribution in [2.75, 3.05) is 14.1 Å². The van der Waals surface area contributed by atoms with Crippen molar-refractivity contribution in [3.63, 3.8) is 0 Å². The zero-order chi connectivity index (χ0) is 12.9. The van der Waals surface area contributed by atoms with E-state index in [1.54, 1.807) is 27.9 Å². The second kappa shape index (κ2) is 6.48. The van der Waals surface area contributed by atoms with Gasteiger partial charge in [0.05, 0.1) is 12.1 Å². The van der Waals surface area contributed by atoms with Crippen molar-refractivity contribution in [3.05, 3.63) is 0 Å². The predicted molar refractivity (Wildman–Crippen MR) is 64.0 cm³/mol. The minimum atomic E-state index is -0.374. The predicted octanol–water partition coefficient (Wildman–Crippen LogP) is -0.0342. The molecule has 16 heavy (non-hydrogen) atoms. The second-order valence-electron chi connectivity index (χ2n) is 4.51. The van der Waals surface area contributed by atoms with E-state index in [9.17, 15) is 9.59 Å². The van der Waals surface area contributed by atoms with E-state index in [0.29, 0.717) is 0 Å². The molecule has 0 aromatic heterocycles. The molecule has 2 amide bonds. The van der Waals surface area contributed by atoms with Crippen molar-refractivity contribution in [2.45, 2.75) is 45.8 Å². The number of carbonyl (C=O) groups is 2. The fourth-order valence-electron chi connectivity index (χ4n) is 1.32. The molecule has 2 atom stereocenters. The van der Waals surface area contributed by atoms with Gasteiger partial charge in [-0.05, 0) is 27.7 Å². The standard InChI is InChI=1S/C11H23N3O2/c1-7(2)12-10(15)8(3)13-9(4)11(16)14(5)6/h7-9,13H,1-6H3,(H,12,15). The summed E-state index contributed by atoms with van der Waals surface area (Å²) in [5, 5.41) is 5.75. The highest BCUT2D eigenvalue weighted by molar-refractivity contribution is 5.84. The smallest absolute Gasteiger partial charge is 0.238 e. The van der Waals surface area contributed by atoms with Crippen LogP contribution in [0.5, 0.6) is 0 Å². The van der Waals surface area contributed by atoms with Crippen LogP contribution in [0.15, 0.2) is 0 Å². The Balaban J connectivity index is 4.18. The van der Waals surface area contributed by atoms with E-state index >= 15 is 0 Å². The Labute approximate surface area is 97.6 Å². The van der Waals surface area contributed by atoms with Crippen molar-refractivity contribution in [1.29, 1.82) is 0 Å². The van der Waals surface area contributed by atoms with Crippen molar-refractivity contribution >= 4 is 11.8 Å². The van der Waals surface area contributed by atoms with Gasteiger partial charge in [-0.25, -0.2) is 0 Å². The zero-order valence-corrected chi connectivity index (χ0v) is 11.0. The van der Waals surface area contributed by atoms with Crippen LogP contribution in [0.25, 0.3) is 0 Å². The number of hydrogen-bond donors (Lipinski definition) is 2. The van der Waals surface area contributed by atoms with E-state index in [1.165, 1.54) is 4.90 Å². The van der Waals surface area contributed by atoms with Gasteiger partial charge in [-0.3, -0.25) is 14.9 Å². The van der Waals surface area contributed by atoms with Crippen molar-refractivity contribution in [2.24, 2.45) is 0 Å². The van der Waals surface area contributed by atoms with Gasteiger partial charge in [0.2, 0.25) is 11.8 Å². The third-order valence-corrected chi connectivity index (χ3v) is 2.14. The SMILES string of the molecule is CC(C)NC(=O)C(C)NC(C)C(=O)N(C)C. The summed E-state index contributed by atoms with van der Waals surface area (Å²) >= 11 is 0. The van der Waals surface area contributed by atoms with Crippen LogP contribution in [-0.2, 0) is 9.59 Å². The van der Waals surface area contributed by atoms with Crippen LogP contribution in [0.2, 0.25) is 0 Å². The summed E-state index contributed by atoms with van der Waals surface area (Å²) in [7, 11) is 3.39. The van der Waals surface area contributed by atoms with Crippen LogP contribution < -0.4 is 10.6 Å². The first-order valence-electron chi connectivity index (χ1n) is 5.53. The third-order valence-electron chi connectivity index (χ3n) is 2.14. The summed E-state index contributed by atoms with van der Waals surface area (Å²) in [6, 6.07) is -0.624. The summed E-state index contributed by atoms with van der Waals surface area (Å²) in [5.41, 5.74) is 0. The minimum absolute atomic E-state index is 0.0378. The lowest BCUT2D eigenvalue weighted by Gasteiger charge is -2.22. The second-order valence-corrected chi connectivity index (χ2v) is 4.51. The van der Waals surface area contributed by atoms with Crippen molar-refractivity contribution in [3.8, 4) is 0 Å². The van der Waals surface area contributed by atoms with Crippen molar-refractivity contribution < 1.29 is 9.59 Å². The van der Waals surface area contributed by atoms with Crippen molar-refractivity contribution in [1.82, 2.24) is 15.5 Å². The van der Waals surface area contributed by atoms with Crippen LogP contribution >= 0.6 is 0 Å². The van der Waals surface area contributed by atoms with Gasteiger partial charge in [0.15, 0.2) is 0 Å². The Kier molecular flexibility index (Phi) is 6.03. The summed E-state index contributed by atoms with van der Waals surface area (Å²) < 4.78 is 0. The van der Waals surface area contributed by atoms with E-state index < -0.39 is 0 Å². The first kappa shape index (κ1) is 14.9. The molecule has 5 nitrogen and oxygen atoms in total. The molecule has 0 radical (unpaired) electrons. The number of hydrogen-bond acceptors (Lipinski definition) is 3. The number of amides is 2. The number of nitrogens with one attached hydrogen (secondary N) is 2. The maximum atomic E-state index is 11.6. The molecule has 0 bridgehead atoms. The highest BCUT2D eigenvalue weighted by atomic mass is 16.2. The van der Waals surface area contributed by atoms with Gasteiger partial charge in [0.25, 0.3) is 0 Å². The maximum Gasteiger partial charge on any atom is 0.238 e. The monoisotopic (exact) mass is 229 g/mol. The van der Waals surface area contributed by atoms with Gasteiger partial charge in [0.1, 0.15) is 0 Å². The van der Waals surface area contributed by atoms with E-state index in [1.807, 2.05) is 13.8 Å². The van der Waals surface area contributed by atoms with Gasteiger partial charge in [-0.2, -0.15) is 0 Å². The quantitative estimate of drug-likeness (QED) is 0.696. The molecule has 0 rings (SSSR count). The molecule has 0 aliphatic carbocycles. The first-order chi connectivity index (χ1) is 7.25. The molecular formula is C11H23N3O2. The fourth-order valence-corrected chi connectivity index (χ4v) is 1.32. The number of nitrogens with zero attached hydrogens (tertiary/aromatic N) is 1. The van der Waals surface area contributed by atoms with Gasteiger partial charge in [0, 0.05) is 20.1 Å². The topological polar surface area (TPSA) is 61.4 Å². The molecule has 0 aromatic rings. The normalized spacial score (nSPS) is 14.4. The van der Waals surface area contributed by atoms with E-state index in [2.05, 4.69) is 10.6 Å². The molecular weight excluding hydrogens is 206 g/mol. The van der Waals surface area contributed by atoms with Gasteiger partial charge in [-0.1, -0.05) is 0 Å². The summed E-state index contributed by atoms with van der Waals surface area (Å²) in [5.74, 6) is -0.127. The third kappa shape index (κ3) is 5.11. The highest BCUT2D eigenvalue weighted by Crippen LogP contribution is 1.93. The lowest BCUT2D eigenvalue weighted by molar-refractivity contribution is -0.131. The Bertz CT molecular complexity index is 252. The summed E-state index contributed by atoms with van der Waals surface area (Å²) in [6.07, 6.45) is 0. The molecule has 0 saturated heterocycles. The fraction of sp³-hybridized carbons (Fsp3) is 0.818. The first-order valence-corrected chi connectivity index (χ1v) is 5.53. The summed E-state index contributed by atoms with van der Waals surface area (Å²) in [4.78, 5) is 24.6. The Morgan fingerprint density at radius 3 is 1.88 bits per heavy atom. The average Bonchev–Trinajstić information content (AvgIpc) is 2.14. The average molecular weight is 229 g/mol. The molecule has 94 valence electrons. The molecule has 5 heteroatoms. The molecule has 0 spiro atoms. The van der Waals surface area contributed by atoms with Crippen LogP contribution in [0, 0.1) is 0 Å². The number of carbonyl (C=O) groups excluding carboxylic acids is 2. The lowest BCUT2D eigenvalue weighted by Crippen LogP contribution is -2.51. The molecule has 0 aromatic carbocycles. The van der Waals surface area contributed by atoms with Crippen LogP contribution in [0.1, 0.15) is 27.7 Å². The molecule has 2 unspecified atom stereocenters. The van der Waals surface area contributed by atoms with Crippen LogP contribution in [0.4, 0.5) is 0 Å². The van der Waals surface area contributed by atoms with E-state index in [4.69, 9.17) is 0 Å². The molecule has 0 saturated carbocycles. The van der Waals surface area contributed by atoms with E-state index in [-0.39, 0.29) is 29.9 Å². The van der Waals surface area contributed by atoms with Crippen LogP contribution in [0.3, 0.4) is 0 Å². The number of likely N-dealkylation sites (N-methyl/N-ethyl adjacent to an activating group) is 1. The molecule has 0 fully saturated rings. The molecule has 2 N–H and O–H groups in total. The molecule has 0 aliphatic rings. The Hall–Kier alpha value is -1.10.